The fourth-order valence-corrected chi connectivity index (χ4v) is 4.03. The van der Waals surface area contributed by atoms with E-state index in [0.29, 0.717) is 0 Å². The fourth-order valence-electron chi connectivity index (χ4n) is 4.03. The molecule has 1 aromatic heterocycles. The number of nitrogens with zero attached hydrogens (tertiary/aromatic N) is 4. The van der Waals surface area contributed by atoms with Crippen LogP contribution < -0.4 is 4.74 Å². The minimum Gasteiger partial charge on any atom is -0.494 e. The van der Waals surface area contributed by atoms with Gasteiger partial charge in [-0.05, 0) is 55.4 Å². The molecule has 0 radical (unpaired) electrons. The molecule has 2 aliphatic rings. The molecule has 2 aromatic rings. The molecule has 9 heteroatoms. The summed E-state index contributed by atoms with van der Waals surface area (Å²) in [7, 11) is 0. The maximum Gasteiger partial charge on any atom is 0.414 e. The van der Waals surface area contributed by atoms with Crippen molar-refractivity contribution in [2.45, 2.75) is 25.7 Å². The number of aliphatic carboxylic acids is 2. The standard InChI is InChI=1S/C18H24N4O.C2H2O4/c1-3-15-11-21(12-16(15)4-1)9-2-10-23-18-7-5-17(6-8-18)22-14-19-13-20-22;3-1(4)2(5)6/h5-8,13-16H,1-4,9-12H2;(H,3,4)(H,5,6). The van der Waals surface area contributed by atoms with E-state index in [1.807, 2.05) is 24.3 Å². The molecule has 1 saturated carbocycles. The van der Waals surface area contributed by atoms with E-state index in [9.17, 15) is 0 Å². The van der Waals surface area contributed by atoms with Crippen molar-refractivity contribution < 1.29 is 24.5 Å². The highest BCUT2D eigenvalue weighted by Gasteiger charge is 2.35. The summed E-state index contributed by atoms with van der Waals surface area (Å²) in [6.45, 7) is 4.59. The van der Waals surface area contributed by atoms with Gasteiger partial charge in [-0.25, -0.2) is 19.3 Å². The first kappa shape index (κ1) is 20.8. The quantitative estimate of drug-likeness (QED) is 0.556. The number of benzene rings is 1. The molecule has 2 fully saturated rings. The van der Waals surface area contributed by atoms with Crippen LogP contribution in [-0.2, 0) is 9.59 Å². The number of likely N-dealkylation sites (tertiary alicyclic amines) is 1. The third kappa shape index (κ3) is 6.02. The molecule has 156 valence electrons. The summed E-state index contributed by atoms with van der Waals surface area (Å²) >= 11 is 0. The van der Waals surface area contributed by atoms with Crippen LogP contribution in [0.25, 0.3) is 5.69 Å². The van der Waals surface area contributed by atoms with Gasteiger partial charge in [-0.3, -0.25) is 0 Å². The number of hydrogen-bond donors (Lipinski definition) is 2. The molecule has 1 aliphatic carbocycles. The van der Waals surface area contributed by atoms with Crippen LogP contribution in [0.15, 0.2) is 36.9 Å². The normalized spacial score (nSPS) is 20.6. The van der Waals surface area contributed by atoms with Crippen LogP contribution in [0.3, 0.4) is 0 Å². The van der Waals surface area contributed by atoms with Gasteiger partial charge in [0.2, 0.25) is 0 Å². The smallest absolute Gasteiger partial charge is 0.414 e. The zero-order valence-electron chi connectivity index (χ0n) is 16.2. The lowest BCUT2D eigenvalue weighted by Gasteiger charge is -2.16. The van der Waals surface area contributed by atoms with E-state index in [1.54, 1.807) is 11.0 Å². The zero-order chi connectivity index (χ0) is 20.6. The Balaban J connectivity index is 0.000000353. The van der Waals surface area contributed by atoms with Crippen LogP contribution in [0.4, 0.5) is 0 Å². The van der Waals surface area contributed by atoms with Gasteiger partial charge in [-0.2, -0.15) is 5.10 Å². The molecule has 2 atom stereocenters. The first-order chi connectivity index (χ1) is 14.0. The second-order valence-corrected chi connectivity index (χ2v) is 7.36. The predicted molar refractivity (Wildman–Crippen MR) is 104 cm³/mol. The number of rotatable bonds is 6. The van der Waals surface area contributed by atoms with E-state index in [4.69, 9.17) is 24.5 Å². The van der Waals surface area contributed by atoms with Crippen molar-refractivity contribution >= 4 is 11.9 Å². The van der Waals surface area contributed by atoms with Gasteiger partial charge >= 0.3 is 11.9 Å². The monoisotopic (exact) mass is 402 g/mol. The van der Waals surface area contributed by atoms with Gasteiger partial charge in [0.1, 0.15) is 18.4 Å². The Morgan fingerprint density at radius 2 is 1.72 bits per heavy atom. The Bertz CT molecular complexity index is 770. The second-order valence-electron chi connectivity index (χ2n) is 7.36. The molecule has 0 bridgehead atoms. The van der Waals surface area contributed by atoms with Gasteiger partial charge in [0.05, 0.1) is 12.3 Å². The Kier molecular flexibility index (Phi) is 7.18. The molecule has 9 nitrogen and oxygen atoms in total. The van der Waals surface area contributed by atoms with E-state index in [2.05, 4.69) is 15.0 Å². The number of carboxylic acid groups (broad SMARTS) is 2. The minimum atomic E-state index is -1.82. The SMILES string of the molecule is O=C(O)C(=O)O.c1ncn(-c2ccc(OCCCN3CC4CCCC4C3)cc2)n1. The number of aromatic nitrogens is 3. The van der Waals surface area contributed by atoms with Crippen molar-refractivity contribution in [3.8, 4) is 11.4 Å². The highest BCUT2D eigenvalue weighted by Crippen LogP contribution is 2.37. The molecular weight excluding hydrogens is 376 g/mol. The lowest BCUT2D eigenvalue weighted by molar-refractivity contribution is -0.159. The lowest BCUT2D eigenvalue weighted by atomic mass is 10.0. The summed E-state index contributed by atoms with van der Waals surface area (Å²) < 4.78 is 7.60. The summed E-state index contributed by atoms with van der Waals surface area (Å²) in [6.07, 6.45) is 8.70. The van der Waals surface area contributed by atoms with Crippen LogP contribution in [0.2, 0.25) is 0 Å². The largest absolute Gasteiger partial charge is 0.494 e. The maximum atomic E-state index is 9.10. The van der Waals surface area contributed by atoms with Gasteiger partial charge in [-0.1, -0.05) is 6.42 Å². The lowest BCUT2D eigenvalue weighted by Crippen LogP contribution is -2.24. The van der Waals surface area contributed by atoms with Crippen LogP contribution in [0.5, 0.6) is 5.75 Å². The molecule has 2 N–H and O–H groups in total. The van der Waals surface area contributed by atoms with E-state index >= 15 is 0 Å². The van der Waals surface area contributed by atoms with Crippen molar-refractivity contribution in [1.82, 2.24) is 19.7 Å². The third-order valence-electron chi connectivity index (χ3n) is 5.39. The van der Waals surface area contributed by atoms with Gasteiger partial charge in [0, 0.05) is 19.6 Å². The molecule has 1 saturated heterocycles. The molecule has 2 heterocycles. The fraction of sp³-hybridized carbons (Fsp3) is 0.500. The number of carbonyl (C=O) groups is 2. The molecule has 29 heavy (non-hydrogen) atoms. The van der Waals surface area contributed by atoms with E-state index in [-0.39, 0.29) is 0 Å². The molecule has 1 aromatic carbocycles. The van der Waals surface area contributed by atoms with Crippen molar-refractivity contribution in [2.75, 3.05) is 26.2 Å². The van der Waals surface area contributed by atoms with Gasteiger partial charge in [0.25, 0.3) is 0 Å². The topological polar surface area (TPSA) is 118 Å². The molecule has 1 aliphatic heterocycles. The highest BCUT2D eigenvalue weighted by atomic mass is 16.5. The Hall–Kier alpha value is -2.94. The summed E-state index contributed by atoms with van der Waals surface area (Å²) in [6, 6.07) is 8.01. The van der Waals surface area contributed by atoms with Crippen LogP contribution in [0.1, 0.15) is 25.7 Å². The van der Waals surface area contributed by atoms with Crippen LogP contribution in [0, 0.1) is 11.8 Å². The van der Waals surface area contributed by atoms with Crippen LogP contribution >= 0.6 is 0 Å². The molecule has 0 spiro atoms. The Morgan fingerprint density at radius 3 is 2.28 bits per heavy atom. The first-order valence-electron chi connectivity index (χ1n) is 9.79. The molecule has 4 rings (SSSR count). The molecular formula is C20H26N4O5. The Labute approximate surface area is 168 Å². The van der Waals surface area contributed by atoms with E-state index in [1.165, 1.54) is 45.2 Å². The van der Waals surface area contributed by atoms with Crippen molar-refractivity contribution in [3.05, 3.63) is 36.9 Å². The number of hydrogen-bond acceptors (Lipinski definition) is 6. The van der Waals surface area contributed by atoms with E-state index < -0.39 is 11.9 Å². The van der Waals surface area contributed by atoms with Crippen molar-refractivity contribution in [2.24, 2.45) is 11.8 Å². The number of fused-ring (bicyclic) bond motifs is 1. The summed E-state index contributed by atoms with van der Waals surface area (Å²) in [5.41, 5.74) is 0.999. The molecule has 0 amide bonds. The minimum absolute atomic E-state index is 0.786. The summed E-state index contributed by atoms with van der Waals surface area (Å²) in [5.74, 6) is -0.752. The predicted octanol–water partition coefficient (Wildman–Crippen LogP) is 1.92. The number of carboxylic acids is 2. The summed E-state index contributed by atoms with van der Waals surface area (Å²) in [5, 5.41) is 18.9. The Morgan fingerprint density at radius 1 is 1.07 bits per heavy atom. The average Bonchev–Trinajstić information content (AvgIpc) is 3.44. The first-order valence-corrected chi connectivity index (χ1v) is 9.79. The van der Waals surface area contributed by atoms with Crippen LogP contribution in [-0.4, -0.2) is 68.1 Å². The van der Waals surface area contributed by atoms with Gasteiger partial charge < -0.3 is 19.8 Å². The third-order valence-corrected chi connectivity index (χ3v) is 5.39. The summed E-state index contributed by atoms with van der Waals surface area (Å²) in [4.78, 5) is 24.8. The average molecular weight is 402 g/mol. The van der Waals surface area contributed by atoms with Crippen molar-refractivity contribution in [1.29, 1.82) is 0 Å². The van der Waals surface area contributed by atoms with E-state index in [0.717, 1.165) is 36.3 Å². The molecule has 2 unspecified atom stereocenters. The highest BCUT2D eigenvalue weighted by molar-refractivity contribution is 6.27. The maximum absolute atomic E-state index is 9.10. The zero-order valence-corrected chi connectivity index (χ0v) is 16.2. The van der Waals surface area contributed by atoms with Gasteiger partial charge in [-0.15, -0.1) is 0 Å². The van der Waals surface area contributed by atoms with Gasteiger partial charge in [0.15, 0.2) is 0 Å². The van der Waals surface area contributed by atoms with Crippen molar-refractivity contribution in [3.63, 3.8) is 0 Å². The number of ether oxygens (including phenoxy) is 1. The second kappa shape index (κ2) is 10.0.